The molecule has 5 aromatic rings. The molecule has 0 saturated carbocycles. The van der Waals surface area contributed by atoms with Crippen LogP contribution < -0.4 is 4.74 Å². The van der Waals surface area contributed by atoms with Crippen LogP contribution in [-0.4, -0.2) is 32.2 Å². The number of nitrogens with zero attached hydrogens (tertiary/aromatic N) is 2. The average Bonchev–Trinajstić information content (AvgIpc) is 3.97. The number of fused-ring (bicyclic) bond motifs is 8. The number of hydrogen-bond acceptors (Lipinski definition) is 4. The second-order valence-electron chi connectivity index (χ2n) is 14.8. The average molecular weight is 747 g/mol. The number of H-pyrrole nitrogens is 2. The first-order valence-electron chi connectivity index (χ1n) is 21.0. The molecule has 2 aliphatic heterocycles. The van der Waals surface area contributed by atoms with E-state index in [1.54, 1.807) is 7.11 Å². The van der Waals surface area contributed by atoms with Crippen molar-refractivity contribution in [3.63, 3.8) is 0 Å². The first kappa shape index (κ1) is 39.1. The highest BCUT2D eigenvalue weighted by atomic mass is 16.5. The minimum absolute atomic E-state index is 0.0545. The monoisotopic (exact) mass is 746 g/mol. The summed E-state index contributed by atoms with van der Waals surface area (Å²) in [6.07, 6.45) is 6.94. The predicted molar refractivity (Wildman–Crippen MR) is 237 cm³/mol. The van der Waals surface area contributed by atoms with Gasteiger partial charge < -0.3 is 19.8 Å². The number of aliphatic hydroxyl groups is 1. The number of nitrogens with one attached hydrogen (secondary N) is 2. The van der Waals surface area contributed by atoms with E-state index in [9.17, 15) is 5.11 Å². The van der Waals surface area contributed by atoms with Gasteiger partial charge in [0.05, 0.1) is 47.5 Å². The molecule has 8 bridgehead atoms. The molecule has 0 unspecified atom stereocenters. The molecule has 0 atom stereocenters. The lowest BCUT2D eigenvalue weighted by Crippen LogP contribution is -1.96. The summed E-state index contributed by atoms with van der Waals surface area (Å²) in [5.74, 6) is 0.832. The van der Waals surface area contributed by atoms with Crippen molar-refractivity contribution in [2.75, 3.05) is 7.11 Å². The van der Waals surface area contributed by atoms with E-state index in [1.165, 1.54) is 44.5 Å². The fraction of sp³-hybridized carbons (Fsp3) is 0.360. The predicted octanol–water partition coefficient (Wildman–Crippen LogP) is 12.9. The van der Waals surface area contributed by atoms with E-state index < -0.39 is 0 Å². The Bertz CT molecular complexity index is 2530. The summed E-state index contributed by atoms with van der Waals surface area (Å²) in [6.45, 7) is 18.0. The van der Waals surface area contributed by atoms with Gasteiger partial charge in [-0.05, 0) is 137 Å². The Morgan fingerprint density at radius 1 is 0.536 bits per heavy atom. The van der Waals surface area contributed by atoms with E-state index in [4.69, 9.17) is 14.7 Å². The number of aromatic nitrogens is 4. The van der Waals surface area contributed by atoms with Crippen LogP contribution in [0.4, 0.5) is 0 Å². The van der Waals surface area contributed by atoms with E-state index in [0.717, 1.165) is 130 Å². The summed E-state index contributed by atoms with van der Waals surface area (Å²) in [5, 5.41) is 10.8. The number of aryl methyl sites for hydroxylation is 4. The Morgan fingerprint density at radius 3 is 1.45 bits per heavy atom. The van der Waals surface area contributed by atoms with Gasteiger partial charge in [0.2, 0.25) is 0 Å². The summed E-state index contributed by atoms with van der Waals surface area (Å²) in [7, 11) is 1.72. The van der Waals surface area contributed by atoms with Crippen LogP contribution in [0.15, 0.2) is 60.7 Å². The molecule has 6 heteroatoms. The quantitative estimate of drug-likeness (QED) is 0.119. The Hall–Kier alpha value is -5.20. The van der Waals surface area contributed by atoms with Crippen molar-refractivity contribution in [1.29, 1.82) is 0 Å². The van der Waals surface area contributed by atoms with Crippen LogP contribution in [0.5, 0.6) is 5.75 Å². The Balaban J connectivity index is 1.81. The molecule has 0 spiro atoms. The molecule has 290 valence electrons. The van der Waals surface area contributed by atoms with Gasteiger partial charge >= 0.3 is 0 Å². The standard InChI is InChI=1S/C50H58N4O2/c1-10-32-36(14-5)47-45(29-22-24-31(56-9)25-23-29)48-37(15-6)33(11-2)42(52-48)27-44-35(13-4)39(17-8)50(54-44)46(40-21-19-18-20-30(40)28-55)49-38(16-7)34(12-3)43(53-49)26-41(32)51-47/h18-27,51,54-55H,10-17,28H2,1-9H3. The number of rotatable bonds is 12. The molecule has 2 aliphatic rings. The molecule has 0 amide bonds. The molecule has 0 radical (unpaired) electrons. The number of benzene rings is 2. The number of allylic oxidation sites excluding steroid dienone is 4. The molecule has 56 heavy (non-hydrogen) atoms. The van der Waals surface area contributed by atoms with Gasteiger partial charge in [0.1, 0.15) is 5.75 Å². The lowest BCUT2D eigenvalue weighted by molar-refractivity contribution is 0.282. The SMILES string of the molecule is CCC1=C(CC)c2nc1cc1[nH]c(c(CC)c1CC)c(-c1ccccc1CO)c1nc(cc3[nH]c(c(CC)c3CC)c2-c2ccc(OC)cc2)C(CC)=C1CC. The normalized spacial score (nSPS) is 13.0. The Labute approximate surface area is 332 Å². The Kier molecular flexibility index (Phi) is 11.5. The number of aromatic amines is 2. The molecular weight excluding hydrogens is 689 g/mol. The summed E-state index contributed by atoms with van der Waals surface area (Å²) in [5.41, 5.74) is 24.0. The van der Waals surface area contributed by atoms with E-state index >= 15 is 0 Å². The van der Waals surface area contributed by atoms with Crippen LogP contribution >= 0.6 is 0 Å². The molecule has 3 N–H and O–H groups in total. The maximum atomic E-state index is 10.8. The van der Waals surface area contributed by atoms with Crippen molar-refractivity contribution >= 4 is 44.4 Å². The zero-order valence-corrected chi connectivity index (χ0v) is 34.9. The smallest absolute Gasteiger partial charge is 0.118 e. The highest BCUT2D eigenvalue weighted by Gasteiger charge is 2.28. The second-order valence-corrected chi connectivity index (χ2v) is 14.8. The van der Waals surface area contributed by atoms with Crippen molar-refractivity contribution in [1.82, 2.24) is 19.9 Å². The molecule has 2 aromatic carbocycles. The highest BCUT2D eigenvalue weighted by molar-refractivity contribution is 6.04. The largest absolute Gasteiger partial charge is 0.497 e. The summed E-state index contributed by atoms with van der Waals surface area (Å²) >= 11 is 0. The van der Waals surface area contributed by atoms with Crippen LogP contribution in [0, 0.1) is 0 Å². The Morgan fingerprint density at radius 2 is 1.00 bits per heavy atom. The van der Waals surface area contributed by atoms with E-state index in [1.807, 2.05) is 12.1 Å². The molecule has 0 aliphatic carbocycles. The van der Waals surface area contributed by atoms with Crippen LogP contribution in [0.25, 0.3) is 66.6 Å². The van der Waals surface area contributed by atoms with E-state index in [0.29, 0.717) is 0 Å². The van der Waals surface area contributed by atoms with Gasteiger partial charge in [-0.25, -0.2) is 9.97 Å². The molecular formula is C50H58N4O2. The number of methoxy groups -OCH3 is 1. The summed E-state index contributed by atoms with van der Waals surface area (Å²) < 4.78 is 5.63. The van der Waals surface area contributed by atoms with Gasteiger partial charge in [0.25, 0.3) is 0 Å². The van der Waals surface area contributed by atoms with Gasteiger partial charge in [-0.1, -0.05) is 91.8 Å². The zero-order valence-electron chi connectivity index (χ0n) is 34.9. The van der Waals surface area contributed by atoms with Gasteiger partial charge in [-0.15, -0.1) is 0 Å². The lowest BCUT2D eigenvalue weighted by atomic mass is 9.91. The lowest BCUT2D eigenvalue weighted by Gasteiger charge is -2.13. The maximum Gasteiger partial charge on any atom is 0.118 e. The highest BCUT2D eigenvalue weighted by Crippen LogP contribution is 2.46. The van der Waals surface area contributed by atoms with Crippen LogP contribution in [0.2, 0.25) is 0 Å². The molecule has 0 saturated heterocycles. The minimum Gasteiger partial charge on any atom is -0.497 e. The third-order valence-corrected chi connectivity index (χ3v) is 12.1. The fourth-order valence-corrected chi connectivity index (χ4v) is 9.48. The van der Waals surface area contributed by atoms with Crippen molar-refractivity contribution in [3.8, 4) is 28.0 Å². The number of hydrogen-bond donors (Lipinski definition) is 3. The first-order valence-corrected chi connectivity index (χ1v) is 21.0. The van der Waals surface area contributed by atoms with Crippen LogP contribution in [-0.2, 0) is 32.3 Å². The van der Waals surface area contributed by atoms with Crippen molar-refractivity contribution < 1.29 is 9.84 Å². The summed E-state index contributed by atoms with van der Waals surface area (Å²) in [4.78, 5) is 19.3. The van der Waals surface area contributed by atoms with Crippen LogP contribution in [0.3, 0.4) is 0 Å². The van der Waals surface area contributed by atoms with Crippen molar-refractivity contribution in [2.45, 2.75) is 113 Å². The minimum atomic E-state index is -0.0545. The van der Waals surface area contributed by atoms with Gasteiger partial charge in [0.15, 0.2) is 0 Å². The number of aliphatic hydroxyl groups excluding tert-OH is 1. The fourth-order valence-electron chi connectivity index (χ4n) is 9.48. The topological polar surface area (TPSA) is 86.8 Å². The maximum absolute atomic E-state index is 10.8. The third-order valence-electron chi connectivity index (χ3n) is 12.1. The van der Waals surface area contributed by atoms with Crippen LogP contribution in [0.1, 0.15) is 132 Å². The molecule has 3 aromatic heterocycles. The number of ether oxygens (including phenoxy) is 1. The molecule has 6 nitrogen and oxygen atoms in total. The summed E-state index contributed by atoms with van der Waals surface area (Å²) in [6, 6.07) is 21.4. The molecule has 5 heterocycles. The van der Waals surface area contributed by atoms with E-state index in [2.05, 4.69) is 114 Å². The van der Waals surface area contributed by atoms with Gasteiger partial charge in [0, 0.05) is 22.2 Å². The molecule has 7 rings (SSSR count). The van der Waals surface area contributed by atoms with Gasteiger partial charge in [-0.2, -0.15) is 0 Å². The van der Waals surface area contributed by atoms with Crippen molar-refractivity contribution in [3.05, 3.63) is 111 Å². The first-order chi connectivity index (χ1) is 27.3. The van der Waals surface area contributed by atoms with Crippen molar-refractivity contribution in [2.24, 2.45) is 0 Å². The van der Waals surface area contributed by atoms with E-state index in [-0.39, 0.29) is 6.61 Å². The zero-order chi connectivity index (χ0) is 39.7. The third kappa shape index (κ3) is 6.42. The molecule has 0 fully saturated rings. The van der Waals surface area contributed by atoms with Gasteiger partial charge in [-0.3, -0.25) is 0 Å². The second kappa shape index (κ2) is 16.5.